The van der Waals surface area contributed by atoms with Gasteiger partial charge >= 0.3 is 0 Å². The lowest BCUT2D eigenvalue weighted by molar-refractivity contribution is 0.494. The topological polar surface area (TPSA) is 12.0 Å². The standard InChI is InChI=1S/C14H11Cl2F2N/c1-8(9-4-2-6-11(17)14(9)18)19-12-7-3-5-10(15)13(12)16/h2-8,19H,1H3. The summed E-state index contributed by atoms with van der Waals surface area (Å²) in [5.41, 5.74) is 0.807. The molecule has 0 aromatic heterocycles. The van der Waals surface area contributed by atoms with Crippen LogP contribution in [0, 0.1) is 11.6 Å². The molecule has 1 nitrogen and oxygen atoms in total. The molecule has 2 rings (SSSR count). The van der Waals surface area contributed by atoms with Crippen LogP contribution in [0.4, 0.5) is 14.5 Å². The Morgan fingerprint density at radius 2 is 1.74 bits per heavy atom. The molecule has 0 heterocycles. The summed E-state index contributed by atoms with van der Waals surface area (Å²) in [6.45, 7) is 1.72. The van der Waals surface area contributed by atoms with E-state index in [-0.39, 0.29) is 5.56 Å². The first-order chi connectivity index (χ1) is 9.00. The van der Waals surface area contributed by atoms with E-state index in [1.54, 1.807) is 25.1 Å². The fourth-order valence-corrected chi connectivity index (χ4v) is 2.14. The number of rotatable bonds is 3. The van der Waals surface area contributed by atoms with E-state index >= 15 is 0 Å². The molecule has 0 spiro atoms. The molecule has 0 aliphatic carbocycles. The third-order valence-electron chi connectivity index (χ3n) is 2.77. The third kappa shape index (κ3) is 2.99. The van der Waals surface area contributed by atoms with E-state index in [0.29, 0.717) is 15.7 Å². The Labute approximate surface area is 120 Å². The summed E-state index contributed by atoms with van der Waals surface area (Å²) in [4.78, 5) is 0. The van der Waals surface area contributed by atoms with Gasteiger partial charge in [-0.3, -0.25) is 0 Å². The molecule has 0 fully saturated rings. The van der Waals surface area contributed by atoms with Crippen molar-refractivity contribution in [2.75, 3.05) is 5.32 Å². The normalized spacial score (nSPS) is 12.3. The minimum Gasteiger partial charge on any atom is -0.377 e. The smallest absolute Gasteiger partial charge is 0.164 e. The van der Waals surface area contributed by atoms with E-state index in [9.17, 15) is 8.78 Å². The zero-order valence-corrected chi connectivity index (χ0v) is 11.6. The van der Waals surface area contributed by atoms with Crippen LogP contribution < -0.4 is 5.32 Å². The molecule has 0 aliphatic heterocycles. The first-order valence-electron chi connectivity index (χ1n) is 5.65. The molecular weight excluding hydrogens is 291 g/mol. The molecule has 19 heavy (non-hydrogen) atoms. The Hall–Kier alpha value is -1.32. The lowest BCUT2D eigenvalue weighted by Gasteiger charge is -2.18. The van der Waals surface area contributed by atoms with Gasteiger partial charge in [0, 0.05) is 5.56 Å². The van der Waals surface area contributed by atoms with E-state index in [0.717, 1.165) is 6.07 Å². The van der Waals surface area contributed by atoms with Crippen LogP contribution in [0.2, 0.25) is 10.0 Å². The van der Waals surface area contributed by atoms with Crippen molar-refractivity contribution in [3.8, 4) is 0 Å². The molecule has 0 aliphatic rings. The molecule has 1 unspecified atom stereocenters. The minimum atomic E-state index is -0.872. The van der Waals surface area contributed by atoms with Gasteiger partial charge < -0.3 is 5.32 Å². The molecule has 0 saturated carbocycles. The number of halogens is 4. The van der Waals surface area contributed by atoms with Gasteiger partial charge in [0.15, 0.2) is 11.6 Å². The van der Waals surface area contributed by atoms with Crippen molar-refractivity contribution >= 4 is 28.9 Å². The molecule has 0 bridgehead atoms. The molecule has 0 amide bonds. The summed E-state index contributed by atoms with van der Waals surface area (Å²) in [6, 6.07) is 8.74. The van der Waals surface area contributed by atoms with Crippen molar-refractivity contribution in [3.05, 3.63) is 63.6 Å². The van der Waals surface area contributed by atoms with Crippen LogP contribution in [-0.4, -0.2) is 0 Å². The second-order valence-corrected chi connectivity index (χ2v) is 4.90. The van der Waals surface area contributed by atoms with E-state index in [1.165, 1.54) is 12.1 Å². The van der Waals surface area contributed by atoms with E-state index < -0.39 is 17.7 Å². The predicted molar refractivity (Wildman–Crippen MR) is 74.9 cm³/mol. The molecule has 0 saturated heterocycles. The van der Waals surface area contributed by atoms with Gasteiger partial charge in [-0.2, -0.15) is 0 Å². The first-order valence-corrected chi connectivity index (χ1v) is 6.40. The number of anilines is 1. The van der Waals surface area contributed by atoms with Crippen LogP contribution in [0.1, 0.15) is 18.5 Å². The Balaban J connectivity index is 2.28. The van der Waals surface area contributed by atoms with Crippen LogP contribution in [0.5, 0.6) is 0 Å². The van der Waals surface area contributed by atoms with Gasteiger partial charge in [-0.25, -0.2) is 8.78 Å². The number of hydrogen-bond acceptors (Lipinski definition) is 1. The highest BCUT2D eigenvalue weighted by atomic mass is 35.5. The lowest BCUT2D eigenvalue weighted by atomic mass is 10.1. The third-order valence-corrected chi connectivity index (χ3v) is 3.59. The lowest BCUT2D eigenvalue weighted by Crippen LogP contribution is -2.10. The van der Waals surface area contributed by atoms with Gasteiger partial charge in [0.25, 0.3) is 0 Å². The van der Waals surface area contributed by atoms with Gasteiger partial charge in [-0.1, -0.05) is 41.4 Å². The largest absolute Gasteiger partial charge is 0.377 e. The van der Waals surface area contributed by atoms with Crippen molar-refractivity contribution in [2.24, 2.45) is 0 Å². The minimum absolute atomic E-state index is 0.232. The second kappa shape index (κ2) is 5.76. The van der Waals surface area contributed by atoms with Gasteiger partial charge in [0.05, 0.1) is 21.8 Å². The monoisotopic (exact) mass is 301 g/mol. The number of benzene rings is 2. The highest BCUT2D eigenvalue weighted by molar-refractivity contribution is 6.43. The fraction of sp³-hybridized carbons (Fsp3) is 0.143. The summed E-state index contributed by atoms with van der Waals surface area (Å²) in [5.74, 6) is -1.73. The summed E-state index contributed by atoms with van der Waals surface area (Å²) >= 11 is 11.9. The van der Waals surface area contributed by atoms with E-state index in [4.69, 9.17) is 23.2 Å². The molecule has 2 aromatic rings. The van der Waals surface area contributed by atoms with Crippen molar-refractivity contribution in [1.29, 1.82) is 0 Å². The van der Waals surface area contributed by atoms with Crippen molar-refractivity contribution in [1.82, 2.24) is 0 Å². The fourth-order valence-electron chi connectivity index (χ4n) is 1.78. The van der Waals surface area contributed by atoms with Crippen LogP contribution in [0.25, 0.3) is 0 Å². The van der Waals surface area contributed by atoms with Crippen LogP contribution in [0.3, 0.4) is 0 Å². The molecule has 2 aromatic carbocycles. The second-order valence-electron chi connectivity index (χ2n) is 4.11. The molecule has 1 atom stereocenters. The maximum Gasteiger partial charge on any atom is 0.164 e. The van der Waals surface area contributed by atoms with Gasteiger partial charge in [-0.05, 0) is 25.1 Å². The van der Waals surface area contributed by atoms with Crippen LogP contribution >= 0.6 is 23.2 Å². The zero-order chi connectivity index (χ0) is 14.0. The van der Waals surface area contributed by atoms with Gasteiger partial charge in [0.1, 0.15) is 0 Å². The average Bonchev–Trinajstić information content (AvgIpc) is 2.38. The number of nitrogens with one attached hydrogen (secondary N) is 1. The van der Waals surface area contributed by atoms with E-state index in [1.807, 2.05) is 0 Å². The molecular formula is C14H11Cl2F2N. The first kappa shape index (κ1) is 14.1. The molecule has 100 valence electrons. The van der Waals surface area contributed by atoms with Gasteiger partial charge in [-0.15, -0.1) is 0 Å². The SMILES string of the molecule is CC(Nc1cccc(Cl)c1Cl)c1cccc(F)c1F. The zero-order valence-electron chi connectivity index (χ0n) is 10.1. The molecule has 0 radical (unpaired) electrons. The Kier molecular flexibility index (Phi) is 4.27. The van der Waals surface area contributed by atoms with Crippen LogP contribution in [0.15, 0.2) is 36.4 Å². The summed E-state index contributed by atoms with van der Waals surface area (Å²) in [7, 11) is 0. The summed E-state index contributed by atoms with van der Waals surface area (Å²) in [5, 5.41) is 3.77. The highest BCUT2D eigenvalue weighted by Gasteiger charge is 2.15. The molecule has 5 heteroatoms. The number of hydrogen-bond donors (Lipinski definition) is 1. The van der Waals surface area contributed by atoms with Crippen LogP contribution in [-0.2, 0) is 0 Å². The average molecular weight is 302 g/mol. The van der Waals surface area contributed by atoms with Crippen molar-refractivity contribution in [3.63, 3.8) is 0 Å². The summed E-state index contributed by atoms with van der Waals surface area (Å²) < 4.78 is 26.8. The summed E-state index contributed by atoms with van der Waals surface area (Å²) in [6.07, 6.45) is 0. The maximum atomic E-state index is 13.7. The Bertz CT molecular complexity index is 602. The van der Waals surface area contributed by atoms with Gasteiger partial charge in [0.2, 0.25) is 0 Å². The maximum absolute atomic E-state index is 13.7. The van der Waals surface area contributed by atoms with Crippen molar-refractivity contribution < 1.29 is 8.78 Å². The Morgan fingerprint density at radius 3 is 2.47 bits per heavy atom. The molecule has 1 N–H and O–H groups in total. The van der Waals surface area contributed by atoms with E-state index in [2.05, 4.69) is 5.32 Å². The highest BCUT2D eigenvalue weighted by Crippen LogP contribution is 2.32. The Morgan fingerprint density at radius 1 is 1.05 bits per heavy atom. The predicted octanol–water partition coefficient (Wildman–Crippen LogP) is 5.44. The van der Waals surface area contributed by atoms with Crippen molar-refractivity contribution in [2.45, 2.75) is 13.0 Å². The quantitative estimate of drug-likeness (QED) is 0.795.